The summed E-state index contributed by atoms with van der Waals surface area (Å²) >= 11 is 9.42. The van der Waals surface area contributed by atoms with Gasteiger partial charge in [-0.3, -0.25) is 4.40 Å². The molecule has 0 amide bonds. The van der Waals surface area contributed by atoms with Crippen LogP contribution in [-0.4, -0.2) is 21.5 Å². The second-order valence-corrected chi connectivity index (χ2v) is 5.30. The molecule has 19 heavy (non-hydrogen) atoms. The Bertz CT molecular complexity index is 757. The minimum Gasteiger partial charge on any atom is -0.496 e. The summed E-state index contributed by atoms with van der Waals surface area (Å²) in [6.45, 7) is 0. The van der Waals surface area contributed by atoms with E-state index >= 15 is 0 Å². The van der Waals surface area contributed by atoms with Gasteiger partial charge < -0.3 is 4.74 Å². The third kappa shape index (κ3) is 2.31. The maximum absolute atomic E-state index is 6.03. The van der Waals surface area contributed by atoms with Crippen LogP contribution in [0.4, 0.5) is 0 Å². The SMILES string of the molecule is COc1ccc(Cl)cc1-c1cn2cc(Br)cnc2n1. The van der Waals surface area contributed by atoms with Crippen molar-refractivity contribution in [1.29, 1.82) is 0 Å². The third-order valence-electron chi connectivity index (χ3n) is 2.72. The highest BCUT2D eigenvalue weighted by Gasteiger charge is 2.11. The van der Waals surface area contributed by atoms with Gasteiger partial charge in [-0.25, -0.2) is 9.97 Å². The Morgan fingerprint density at radius 3 is 2.95 bits per heavy atom. The fourth-order valence-electron chi connectivity index (χ4n) is 1.87. The zero-order chi connectivity index (χ0) is 13.4. The van der Waals surface area contributed by atoms with Crippen LogP contribution in [0.25, 0.3) is 17.0 Å². The highest BCUT2D eigenvalue weighted by atomic mass is 79.9. The number of aromatic nitrogens is 3. The van der Waals surface area contributed by atoms with E-state index in [1.807, 2.05) is 28.9 Å². The molecule has 0 unspecified atom stereocenters. The topological polar surface area (TPSA) is 39.4 Å². The van der Waals surface area contributed by atoms with Gasteiger partial charge in [0.05, 0.1) is 17.3 Å². The van der Waals surface area contributed by atoms with Crippen LogP contribution >= 0.6 is 27.5 Å². The van der Waals surface area contributed by atoms with Crippen LogP contribution in [0.2, 0.25) is 5.02 Å². The lowest BCUT2D eigenvalue weighted by Crippen LogP contribution is -1.87. The average molecular weight is 339 g/mol. The number of rotatable bonds is 2. The Kier molecular flexibility index (Phi) is 3.16. The van der Waals surface area contributed by atoms with Gasteiger partial charge in [0.25, 0.3) is 0 Å². The first kappa shape index (κ1) is 12.4. The molecular formula is C13H9BrClN3O. The first-order valence-corrected chi connectivity index (χ1v) is 6.68. The van der Waals surface area contributed by atoms with E-state index in [-0.39, 0.29) is 0 Å². The van der Waals surface area contributed by atoms with E-state index in [9.17, 15) is 0 Å². The van der Waals surface area contributed by atoms with Crippen molar-refractivity contribution in [3.05, 3.63) is 46.3 Å². The summed E-state index contributed by atoms with van der Waals surface area (Å²) in [5.74, 6) is 1.35. The summed E-state index contributed by atoms with van der Waals surface area (Å²) in [6.07, 6.45) is 5.50. The van der Waals surface area contributed by atoms with Crippen molar-refractivity contribution in [2.75, 3.05) is 7.11 Å². The van der Waals surface area contributed by atoms with Crippen molar-refractivity contribution in [3.63, 3.8) is 0 Å². The van der Waals surface area contributed by atoms with Crippen LogP contribution in [0.3, 0.4) is 0 Å². The molecule has 1 aromatic carbocycles. The number of hydrogen-bond donors (Lipinski definition) is 0. The Hall–Kier alpha value is -1.59. The second-order valence-electron chi connectivity index (χ2n) is 3.95. The van der Waals surface area contributed by atoms with Gasteiger partial charge in [0.1, 0.15) is 5.75 Å². The van der Waals surface area contributed by atoms with E-state index in [0.29, 0.717) is 10.8 Å². The van der Waals surface area contributed by atoms with Crippen molar-refractivity contribution < 1.29 is 4.74 Å². The Morgan fingerprint density at radius 2 is 2.16 bits per heavy atom. The van der Waals surface area contributed by atoms with Gasteiger partial charge in [-0.1, -0.05) is 11.6 Å². The lowest BCUT2D eigenvalue weighted by molar-refractivity contribution is 0.416. The predicted molar refractivity (Wildman–Crippen MR) is 77.7 cm³/mol. The highest BCUT2D eigenvalue weighted by molar-refractivity contribution is 9.10. The molecule has 0 radical (unpaired) electrons. The Labute approximate surface area is 123 Å². The smallest absolute Gasteiger partial charge is 0.234 e. The maximum Gasteiger partial charge on any atom is 0.234 e. The lowest BCUT2D eigenvalue weighted by Gasteiger charge is -2.05. The van der Waals surface area contributed by atoms with Crippen molar-refractivity contribution >= 4 is 33.3 Å². The monoisotopic (exact) mass is 337 g/mol. The van der Waals surface area contributed by atoms with Gasteiger partial charge in [-0.2, -0.15) is 0 Å². The third-order valence-corrected chi connectivity index (χ3v) is 3.36. The van der Waals surface area contributed by atoms with Gasteiger partial charge in [0, 0.05) is 29.2 Å². The molecule has 0 saturated heterocycles. The van der Waals surface area contributed by atoms with Crippen molar-refractivity contribution in [1.82, 2.24) is 14.4 Å². The molecule has 4 nitrogen and oxygen atoms in total. The second kappa shape index (κ2) is 4.83. The van der Waals surface area contributed by atoms with E-state index in [1.54, 1.807) is 19.4 Å². The van der Waals surface area contributed by atoms with E-state index in [2.05, 4.69) is 25.9 Å². The average Bonchev–Trinajstić information content (AvgIpc) is 2.81. The van der Waals surface area contributed by atoms with Gasteiger partial charge in [-0.15, -0.1) is 0 Å². The summed E-state index contributed by atoms with van der Waals surface area (Å²) in [5.41, 5.74) is 1.61. The first-order chi connectivity index (χ1) is 9.17. The standard InChI is InChI=1S/C13H9BrClN3O/c1-19-12-3-2-9(15)4-10(12)11-7-18-6-8(14)5-16-13(18)17-11/h2-7H,1H3. The van der Waals surface area contributed by atoms with E-state index in [4.69, 9.17) is 16.3 Å². The van der Waals surface area contributed by atoms with Crippen LogP contribution in [0.5, 0.6) is 5.75 Å². The Balaban J connectivity index is 2.21. The number of halogens is 2. The number of imidazole rings is 1. The number of nitrogens with zero attached hydrogens (tertiary/aromatic N) is 3. The molecule has 0 aliphatic rings. The summed E-state index contributed by atoms with van der Waals surface area (Å²) < 4.78 is 8.07. The van der Waals surface area contributed by atoms with Crippen molar-refractivity contribution in [2.24, 2.45) is 0 Å². The largest absolute Gasteiger partial charge is 0.496 e. The van der Waals surface area contributed by atoms with Gasteiger partial charge in [-0.05, 0) is 34.1 Å². The summed E-state index contributed by atoms with van der Waals surface area (Å²) in [5, 5.41) is 0.641. The minimum atomic E-state index is 0.625. The molecule has 0 aliphatic carbocycles. The van der Waals surface area contributed by atoms with E-state index < -0.39 is 0 Å². The zero-order valence-corrected chi connectivity index (χ0v) is 12.3. The molecule has 2 heterocycles. The molecule has 0 atom stereocenters. The number of benzene rings is 1. The number of fused-ring (bicyclic) bond motifs is 1. The number of ether oxygens (including phenoxy) is 1. The van der Waals surface area contributed by atoms with Gasteiger partial charge in [0.2, 0.25) is 5.78 Å². The summed E-state index contributed by atoms with van der Waals surface area (Å²) in [7, 11) is 1.62. The summed E-state index contributed by atoms with van der Waals surface area (Å²) in [6, 6.07) is 5.44. The van der Waals surface area contributed by atoms with Crippen LogP contribution in [0.15, 0.2) is 41.3 Å². The molecule has 2 aromatic heterocycles. The maximum atomic E-state index is 6.03. The molecule has 0 aliphatic heterocycles. The fourth-order valence-corrected chi connectivity index (χ4v) is 2.37. The van der Waals surface area contributed by atoms with E-state index in [0.717, 1.165) is 21.5 Å². The fraction of sp³-hybridized carbons (Fsp3) is 0.0769. The zero-order valence-electron chi connectivity index (χ0n) is 9.97. The number of methoxy groups -OCH3 is 1. The van der Waals surface area contributed by atoms with Crippen molar-refractivity contribution in [2.45, 2.75) is 0 Å². The lowest BCUT2D eigenvalue weighted by atomic mass is 10.1. The van der Waals surface area contributed by atoms with Crippen LogP contribution in [0, 0.1) is 0 Å². The molecule has 0 spiro atoms. The normalized spacial score (nSPS) is 10.9. The highest BCUT2D eigenvalue weighted by Crippen LogP contribution is 2.31. The first-order valence-electron chi connectivity index (χ1n) is 5.51. The molecule has 96 valence electrons. The minimum absolute atomic E-state index is 0.625. The molecular weight excluding hydrogens is 330 g/mol. The van der Waals surface area contributed by atoms with Crippen LogP contribution in [0.1, 0.15) is 0 Å². The molecule has 0 fully saturated rings. The molecule has 3 aromatic rings. The molecule has 0 saturated carbocycles. The predicted octanol–water partition coefficient (Wildman–Crippen LogP) is 3.82. The molecule has 0 bridgehead atoms. The summed E-state index contributed by atoms with van der Waals surface area (Å²) in [4.78, 5) is 8.70. The van der Waals surface area contributed by atoms with Crippen LogP contribution in [-0.2, 0) is 0 Å². The van der Waals surface area contributed by atoms with Crippen molar-refractivity contribution in [3.8, 4) is 17.0 Å². The van der Waals surface area contributed by atoms with Gasteiger partial charge in [0.15, 0.2) is 0 Å². The molecule has 0 N–H and O–H groups in total. The Morgan fingerprint density at radius 1 is 1.32 bits per heavy atom. The van der Waals surface area contributed by atoms with E-state index in [1.165, 1.54) is 0 Å². The quantitative estimate of drug-likeness (QED) is 0.713. The van der Waals surface area contributed by atoms with Gasteiger partial charge >= 0.3 is 0 Å². The molecule has 3 rings (SSSR count). The van der Waals surface area contributed by atoms with Crippen LogP contribution < -0.4 is 4.74 Å². The number of hydrogen-bond acceptors (Lipinski definition) is 3. The molecule has 6 heteroatoms.